The van der Waals surface area contributed by atoms with Crippen LogP contribution in [-0.2, 0) is 4.79 Å². The lowest BCUT2D eigenvalue weighted by Crippen LogP contribution is -1.90. The Hall–Kier alpha value is -2.08. The summed E-state index contributed by atoms with van der Waals surface area (Å²) >= 11 is 0. The highest BCUT2D eigenvalue weighted by molar-refractivity contribution is 5.85. The summed E-state index contributed by atoms with van der Waals surface area (Å²) in [6.07, 6.45) is 2.62. The largest absolute Gasteiger partial charge is 0.478 e. The standard InChI is InChI=1S/C12H11NO2/c1-8-6-11(7-13)9(2)5-10(8)3-4-12(14)15/h3-6H,1-2H3,(H,14,15)/b4-3+. The Kier molecular flexibility index (Phi) is 3.25. The van der Waals surface area contributed by atoms with E-state index < -0.39 is 5.97 Å². The van der Waals surface area contributed by atoms with E-state index in [0.717, 1.165) is 22.8 Å². The van der Waals surface area contributed by atoms with Crippen LogP contribution in [0.5, 0.6) is 0 Å². The second-order valence-electron chi connectivity index (χ2n) is 3.31. The monoisotopic (exact) mass is 201 g/mol. The Bertz CT molecular complexity index is 467. The Labute approximate surface area is 88.3 Å². The van der Waals surface area contributed by atoms with Crippen LogP contribution in [0.1, 0.15) is 22.3 Å². The smallest absolute Gasteiger partial charge is 0.328 e. The average Bonchev–Trinajstić information content (AvgIpc) is 2.18. The molecule has 0 aliphatic rings. The number of carbonyl (C=O) groups is 1. The predicted octanol–water partition coefficient (Wildman–Crippen LogP) is 2.27. The molecule has 0 spiro atoms. The lowest BCUT2D eigenvalue weighted by molar-refractivity contribution is -0.131. The van der Waals surface area contributed by atoms with Crippen LogP contribution in [-0.4, -0.2) is 11.1 Å². The van der Waals surface area contributed by atoms with Crippen molar-refractivity contribution in [1.82, 2.24) is 0 Å². The predicted molar refractivity (Wildman–Crippen MR) is 57.3 cm³/mol. The minimum absolute atomic E-state index is 0.625. The van der Waals surface area contributed by atoms with Crippen LogP contribution in [0.2, 0.25) is 0 Å². The van der Waals surface area contributed by atoms with Crippen LogP contribution in [0.3, 0.4) is 0 Å². The van der Waals surface area contributed by atoms with Crippen LogP contribution >= 0.6 is 0 Å². The molecule has 0 bridgehead atoms. The number of nitrogens with zero attached hydrogens (tertiary/aromatic N) is 1. The molecule has 1 rings (SSSR count). The van der Waals surface area contributed by atoms with E-state index in [1.54, 1.807) is 6.07 Å². The maximum atomic E-state index is 10.4. The summed E-state index contributed by atoms with van der Waals surface area (Å²) in [5.74, 6) is -0.976. The van der Waals surface area contributed by atoms with E-state index in [2.05, 4.69) is 6.07 Å². The van der Waals surface area contributed by atoms with Crippen molar-refractivity contribution in [2.75, 3.05) is 0 Å². The van der Waals surface area contributed by atoms with Gasteiger partial charge in [0.1, 0.15) is 0 Å². The number of carboxylic acid groups (broad SMARTS) is 1. The molecule has 0 atom stereocenters. The zero-order valence-corrected chi connectivity index (χ0v) is 8.61. The summed E-state index contributed by atoms with van der Waals surface area (Å²) in [5.41, 5.74) is 3.21. The van der Waals surface area contributed by atoms with Gasteiger partial charge in [-0.05, 0) is 42.7 Å². The minimum Gasteiger partial charge on any atom is -0.478 e. The molecule has 0 saturated carbocycles. The van der Waals surface area contributed by atoms with E-state index in [0.29, 0.717) is 5.56 Å². The molecule has 0 unspecified atom stereocenters. The van der Waals surface area contributed by atoms with Crippen molar-refractivity contribution in [2.24, 2.45) is 0 Å². The molecule has 76 valence electrons. The highest BCUT2D eigenvalue weighted by Gasteiger charge is 2.01. The van der Waals surface area contributed by atoms with Crippen molar-refractivity contribution in [3.8, 4) is 6.07 Å². The molecule has 1 aromatic rings. The first-order chi connectivity index (χ1) is 7.04. The number of aliphatic carboxylic acids is 1. The van der Waals surface area contributed by atoms with Crippen LogP contribution < -0.4 is 0 Å². The number of carboxylic acids is 1. The molecule has 3 nitrogen and oxygen atoms in total. The molecule has 0 saturated heterocycles. The zero-order chi connectivity index (χ0) is 11.4. The number of hydrogen-bond donors (Lipinski definition) is 1. The third-order valence-corrected chi connectivity index (χ3v) is 2.14. The molecule has 0 amide bonds. The Morgan fingerprint density at radius 3 is 2.60 bits per heavy atom. The second kappa shape index (κ2) is 4.43. The average molecular weight is 201 g/mol. The van der Waals surface area contributed by atoms with E-state index in [1.807, 2.05) is 19.9 Å². The fourth-order valence-corrected chi connectivity index (χ4v) is 1.30. The molecule has 0 radical (unpaired) electrons. The van der Waals surface area contributed by atoms with Crippen LogP contribution in [0.15, 0.2) is 18.2 Å². The van der Waals surface area contributed by atoms with Crippen molar-refractivity contribution < 1.29 is 9.90 Å². The van der Waals surface area contributed by atoms with Gasteiger partial charge < -0.3 is 5.11 Å². The van der Waals surface area contributed by atoms with Gasteiger partial charge in [-0.2, -0.15) is 5.26 Å². The summed E-state index contributed by atoms with van der Waals surface area (Å²) in [5, 5.41) is 17.3. The summed E-state index contributed by atoms with van der Waals surface area (Å²) in [6.45, 7) is 3.68. The van der Waals surface area contributed by atoms with Gasteiger partial charge in [-0.1, -0.05) is 6.07 Å². The fourth-order valence-electron chi connectivity index (χ4n) is 1.30. The van der Waals surface area contributed by atoms with Gasteiger partial charge >= 0.3 is 5.97 Å². The third-order valence-electron chi connectivity index (χ3n) is 2.14. The summed E-state index contributed by atoms with van der Waals surface area (Å²) in [6, 6.07) is 5.66. The minimum atomic E-state index is -0.976. The summed E-state index contributed by atoms with van der Waals surface area (Å²) in [4.78, 5) is 10.4. The Balaban J connectivity index is 3.18. The Morgan fingerprint density at radius 2 is 2.07 bits per heavy atom. The number of benzene rings is 1. The van der Waals surface area contributed by atoms with Gasteiger partial charge in [0.15, 0.2) is 0 Å². The number of nitriles is 1. The number of hydrogen-bond acceptors (Lipinski definition) is 2. The Morgan fingerprint density at radius 1 is 1.40 bits per heavy atom. The van der Waals surface area contributed by atoms with Gasteiger partial charge in [0.05, 0.1) is 11.6 Å². The van der Waals surface area contributed by atoms with E-state index in [9.17, 15) is 4.79 Å². The van der Waals surface area contributed by atoms with Crippen LogP contribution in [0.25, 0.3) is 6.08 Å². The maximum Gasteiger partial charge on any atom is 0.328 e. The highest BCUT2D eigenvalue weighted by Crippen LogP contribution is 2.16. The lowest BCUT2D eigenvalue weighted by atomic mass is 10.0. The molecule has 0 fully saturated rings. The quantitative estimate of drug-likeness (QED) is 0.746. The molecule has 0 heterocycles. The molecular formula is C12H11NO2. The van der Waals surface area contributed by atoms with Gasteiger partial charge in [-0.25, -0.2) is 4.79 Å². The summed E-state index contributed by atoms with van der Waals surface area (Å²) in [7, 11) is 0. The first kappa shape index (κ1) is 11.0. The lowest BCUT2D eigenvalue weighted by Gasteiger charge is -2.03. The topological polar surface area (TPSA) is 61.1 Å². The maximum absolute atomic E-state index is 10.4. The van der Waals surface area contributed by atoms with Crippen molar-refractivity contribution in [2.45, 2.75) is 13.8 Å². The molecule has 0 aliphatic heterocycles. The van der Waals surface area contributed by atoms with Crippen molar-refractivity contribution in [3.05, 3.63) is 40.5 Å². The molecule has 3 heteroatoms. The van der Waals surface area contributed by atoms with Crippen LogP contribution in [0.4, 0.5) is 0 Å². The van der Waals surface area contributed by atoms with Gasteiger partial charge in [-0.15, -0.1) is 0 Å². The van der Waals surface area contributed by atoms with Gasteiger partial charge in [0, 0.05) is 6.08 Å². The molecule has 0 aliphatic carbocycles. The van der Waals surface area contributed by atoms with E-state index in [4.69, 9.17) is 10.4 Å². The molecule has 0 aromatic heterocycles. The van der Waals surface area contributed by atoms with Crippen molar-refractivity contribution >= 4 is 12.0 Å². The van der Waals surface area contributed by atoms with E-state index in [1.165, 1.54) is 6.08 Å². The van der Waals surface area contributed by atoms with Gasteiger partial charge in [0.2, 0.25) is 0 Å². The molecule has 1 N–H and O–H groups in total. The second-order valence-corrected chi connectivity index (χ2v) is 3.31. The SMILES string of the molecule is Cc1cc(/C=C/C(=O)O)c(C)cc1C#N. The zero-order valence-electron chi connectivity index (χ0n) is 8.61. The molecular weight excluding hydrogens is 190 g/mol. The van der Waals surface area contributed by atoms with Crippen LogP contribution in [0, 0.1) is 25.2 Å². The number of aryl methyl sites for hydroxylation is 2. The normalized spacial score (nSPS) is 10.2. The fraction of sp³-hybridized carbons (Fsp3) is 0.167. The first-order valence-electron chi connectivity index (χ1n) is 4.47. The van der Waals surface area contributed by atoms with Gasteiger partial charge in [-0.3, -0.25) is 0 Å². The van der Waals surface area contributed by atoms with E-state index in [-0.39, 0.29) is 0 Å². The first-order valence-corrected chi connectivity index (χ1v) is 4.47. The molecule has 15 heavy (non-hydrogen) atoms. The summed E-state index contributed by atoms with van der Waals surface area (Å²) < 4.78 is 0. The molecule has 1 aromatic carbocycles. The third kappa shape index (κ3) is 2.68. The van der Waals surface area contributed by atoms with E-state index >= 15 is 0 Å². The van der Waals surface area contributed by atoms with Crippen molar-refractivity contribution in [3.63, 3.8) is 0 Å². The highest BCUT2D eigenvalue weighted by atomic mass is 16.4. The number of rotatable bonds is 2. The van der Waals surface area contributed by atoms with Gasteiger partial charge in [0.25, 0.3) is 0 Å². The van der Waals surface area contributed by atoms with Crippen molar-refractivity contribution in [1.29, 1.82) is 5.26 Å².